The Hall–Kier alpha value is -0.910. The molecule has 108 valence electrons. The van der Waals surface area contributed by atoms with Crippen LogP contribution in [0.3, 0.4) is 0 Å². The molecule has 5 heteroatoms. The summed E-state index contributed by atoms with van der Waals surface area (Å²) in [6.45, 7) is 11.3. The normalized spacial score (nSPS) is 20.0. The fraction of sp³-hybridized carbons (Fsp3) is 0.786. The van der Waals surface area contributed by atoms with Crippen molar-refractivity contribution < 1.29 is 0 Å². The van der Waals surface area contributed by atoms with Gasteiger partial charge in [-0.1, -0.05) is 13.8 Å². The van der Waals surface area contributed by atoms with Gasteiger partial charge in [0.25, 0.3) is 0 Å². The molecule has 0 aliphatic carbocycles. The Morgan fingerprint density at radius 1 is 1.32 bits per heavy atom. The molecule has 1 saturated heterocycles. The molecule has 0 aromatic carbocycles. The highest BCUT2D eigenvalue weighted by Crippen LogP contribution is 2.13. The van der Waals surface area contributed by atoms with Crippen LogP contribution in [0.1, 0.15) is 19.5 Å². The molecule has 2 heterocycles. The number of aromatic amines is 1. The molecule has 0 radical (unpaired) electrons. The van der Waals surface area contributed by atoms with Crippen LogP contribution in [0.5, 0.6) is 0 Å². The van der Waals surface area contributed by atoms with Crippen LogP contribution in [0, 0.1) is 5.92 Å². The fourth-order valence-electron chi connectivity index (χ4n) is 2.68. The summed E-state index contributed by atoms with van der Waals surface area (Å²) in [4.78, 5) is 5.04. The monoisotopic (exact) mass is 265 g/mol. The van der Waals surface area contributed by atoms with E-state index < -0.39 is 0 Å². The molecular weight excluding hydrogens is 238 g/mol. The summed E-state index contributed by atoms with van der Waals surface area (Å²) in [5, 5.41) is 10.5. The number of aromatic nitrogens is 2. The second-order valence-electron chi connectivity index (χ2n) is 5.86. The molecule has 0 bridgehead atoms. The SMILES string of the molecule is CC(C)C(CNCc1ccn[nH]1)N1CCN(C)CC1. The lowest BCUT2D eigenvalue weighted by Crippen LogP contribution is -2.53. The third-order valence-corrected chi connectivity index (χ3v) is 4.00. The first kappa shape index (κ1) is 14.5. The van der Waals surface area contributed by atoms with Crippen molar-refractivity contribution in [2.45, 2.75) is 26.4 Å². The average molecular weight is 265 g/mol. The lowest BCUT2D eigenvalue weighted by atomic mass is 10.0. The van der Waals surface area contributed by atoms with Crippen LogP contribution >= 0.6 is 0 Å². The first-order valence-electron chi connectivity index (χ1n) is 7.28. The summed E-state index contributed by atoms with van der Waals surface area (Å²) in [6.07, 6.45) is 1.80. The lowest BCUT2D eigenvalue weighted by Gasteiger charge is -2.40. The van der Waals surface area contributed by atoms with Gasteiger partial charge in [-0.15, -0.1) is 0 Å². The second kappa shape index (κ2) is 7.03. The molecule has 19 heavy (non-hydrogen) atoms. The van der Waals surface area contributed by atoms with Gasteiger partial charge in [-0.2, -0.15) is 5.10 Å². The molecule has 1 aliphatic rings. The number of piperazine rings is 1. The van der Waals surface area contributed by atoms with Crippen LogP contribution in [-0.4, -0.2) is 65.8 Å². The first-order chi connectivity index (χ1) is 9.16. The molecule has 1 fully saturated rings. The van der Waals surface area contributed by atoms with Gasteiger partial charge in [-0.05, 0) is 19.0 Å². The van der Waals surface area contributed by atoms with E-state index in [9.17, 15) is 0 Å². The Bertz CT molecular complexity index is 341. The minimum absolute atomic E-state index is 0.622. The average Bonchev–Trinajstić information content (AvgIpc) is 2.89. The standard InChI is InChI=1S/C14H27N5/c1-12(2)14(19-8-6-18(3)7-9-19)11-15-10-13-4-5-16-17-13/h4-5,12,14-15H,6-11H2,1-3H3,(H,16,17). The maximum Gasteiger partial charge on any atom is 0.0490 e. The van der Waals surface area contributed by atoms with E-state index in [0.717, 1.165) is 18.8 Å². The minimum atomic E-state index is 0.622. The molecular formula is C14H27N5. The van der Waals surface area contributed by atoms with Crippen molar-refractivity contribution in [1.82, 2.24) is 25.3 Å². The Balaban J connectivity index is 1.79. The Morgan fingerprint density at radius 2 is 2.05 bits per heavy atom. The smallest absolute Gasteiger partial charge is 0.0490 e. The highest BCUT2D eigenvalue weighted by atomic mass is 15.3. The second-order valence-corrected chi connectivity index (χ2v) is 5.86. The van der Waals surface area contributed by atoms with Gasteiger partial charge >= 0.3 is 0 Å². The first-order valence-corrected chi connectivity index (χ1v) is 7.28. The summed E-state index contributed by atoms with van der Waals surface area (Å²) in [5.41, 5.74) is 1.15. The molecule has 1 aliphatic heterocycles. The van der Waals surface area contributed by atoms with E-state index in [1.807, 2.05) is 6.07 Å². The molecule has 5 nitrogen and oxygen atoms in total. The molecule has 1 unspecified atom stereocenters. The Morgan fingerprint density at radius 3 is 2.63 bits per heavy atom. The minimum Gasteiger partial charge on any atom is -0.310 e. The van der Waals surface area contributed by atoms with Gasteiger partial charge in [-0.3, -0.25) is 10.00 Å². The molecule has 1 aromatic rings. The van der Waals surface area contributed by atoms with Crippen LogP contribution in [0.2, 0.25) is 0 Å². The van der Waals surface area contributed by atoms with Crippen LogP contribution < -0.4 is 5.32 Å². The van der Waals surface area contributed by atoms with Gasteiger partial charge < -0.3 is 10.2 Å². The van der Waals surface area contributed by atoms with Crippen LogP contribution in [0.25, 0.3) is 0 Å². The molecule has 0 saturated carbocycles. The van der Waals surface area contributed by atoms with Crippen molar-refractivity contribution in [2.24, 2.45) is 5.92 Å². The zero-order valence-electron chi connectivity index (χ0n) is 12.4. The van der Waals surface area contributed by atoms with Gasteiger partial charge in [0.15, 0.2) is 0 Å². The van der Waals surface area contributed by atoms with E-state index in [0.29, 0.717) is 12.0 Å². The molecule has 2 rings (SSSR count). The summed E-state index contributed by atoms with van der Waals surface area (Å²) >= 11 is 0. The topological polar surface area (TPSA) is 47.2 Å². The third-order valence-electron chi connectivity index (χ3n) is 4.00. The van der Waals surface area contributed by atoms with Crippen LogP contribution in [0.4, 0.5) is 0 Å². The third kappa shape index (κ3) is 4.30. The van der Waals surface area contributed by atoms with E-state index in [4.69, 9.17) is 0 Å². The van der Waals surface area contributed by atoms with E-state index >= 15 is 0 Å². The summed E-state index contributed by atoms with van der Waals surface area (Å²) in [6, 6.07) is 2.64. The van der Waals surface area contributed by atoms with E-state index in [1.165, 1.54) is 26.2 Å². The summed E-state index contributed by atoms with van der Waals surface area (Å²) in [7, 11) is 2.21. The van der Waals surface area contributed by atoms with Gasteiger partial charge in [0.1, 0.15) is 0 Å². The molecule has 0 amide bonds. The number of hydrogen-bond acceptors (Lipinski definition) is 4. The number of nitrogens with zero attached hydrogens (tertiary/aromatic N) is 3. The highest BCUT2D eigenvalue weighted by molar-refractivity contribution is 4.96. The Labute approximate surface area is 116 Å². The van der Waals surface area contributed by atoms with Crippen molar-refractivity contribution in [3.8, 4) is 0 Å². The predicted molar refractivity (Wildman–Crippen MR) is 78.0 cm³/mol. The van der Waals surface area contributed by atoms with E-state index in [2.05, 4.69) is 46.2 Å². The van der Waals surface area contributed by atoms with Gasteiger partial charge in [0.05, 0.1) is 0 Å². The molecule has 0 spiro atoms. The van der Waals surface area contributed by atoms with Crippen molar-refractivity contribution in [2.75, 3.05) is 39.8 Å². The van der Waals surface area contributed by atoms with Gasteiger partial charge in [-0.25, -0.2) is 0 Å². The Kier molecular flexibility index (Phi) is 5.36. The van der Waals surface area contributed by atoms with Gasteiger partial charge in [0, 0.05) is 57.2 Å². The molecule has 1 aromatic heterocycles. The van der Waals surface area contributed by atoms with E-state index in [1.54, 1.807) is 6.20 Å². The number of likely N-dealkylation sites (N-methyl/N-ethyl adjacent to an activating group) is 1. The quantitative estimate of drug-likeness (QED) is 0.798. The largest absolute Gasteiger partial charge is 0.310 e. The predicted octanol–water partition coefficient (Wildman–Crippen LogP) is 0.771. The van der Waals surface area contributed by atoms with Gasteiger partial charge in [0.2, 0.25) is 0 Å². The van der Waals surface area contributed by atoms with Crippen molar-refractivity contribution in [1.29, 1.82) is 0 Å². The zero-order valence-corrected chi connectivity index (χ0v) is 12.4. The number of rotatable bonds is 6. The maximum atomic E-state index is 3.97. The summed E-state index contributed by atoms with van der Waals surface area (Å²) < 4.78 is 0. The van der Waals surface area contributed by atoms with E-state index in [-0.39, 0.29) is 0 Å². The fourth-order valence-corrected chi connectivity index (χ4v) is 2.68. The zero-order chi connectivity index (χ0) is 13.7. The number of nitrogens with one attached hydrogen (secondary N) is 2. The van der Waals surface area contributed by atoms with Crippen LogP contribution in [0.15, 0.2) is 12.3 Å². The van der Waals surface area contributed by atoms with Crippen molar-refractivity contribution in [3.05, 3.63) is 18.0 Å². The highest BCUT2D eigenvalue weighted by Gasteiger charge is 2.24. The lowest BCUT2D eigenvalue weighted by molar-refractivity contribution is 0.0875. The van der Waals surface area contributed by atoms with Crippen molar-refractivity contribution >= 4 is 0 Å². The van der Waals surface area contributed by atoms with Crippen molar-refractivity contribution in [3.63, 3.8) is 0 Å². The molecule has 2 N–H and O–H groups in total. The van der Waals surface area contributed by atoms with Crippen LogP contribution in [-0.2, 0) is 6.54 Å². The molecule has 1 atom stereocenters. The summed E-state index contributed by atoms with van der Waals surface area (Å²) in [5.74, 6) is 0.678. The number of hydrogen-bond donors (Lipinski definition) is 2. The maximum absolute atomic E-state index is 3.97. The number of H-pyrrole nitrogens is 1.